The molecule has 1 aliphatic rings. The Kier molecular flexibility index (Phi) is 7.99. The van der Waals surface area contributed by atoms with Gasteiger partial charge in [-0.15, -0.1) is 0 Å². The molecule has 1 saturated heterocycles. The van der Waals surface area contributed by atoms with Gasteiger partial charge in [0.1, 0.15) is 0 Å². The van der Waals surface area contributed by atoms with Crippen molar-refractivity contribution in [3.8, 4) is 0 Å². The van der Waals surface area contributed by atoms with Crippen LogP contribution in [-0.2, 0) is 17.8 Å². The van der Waals surface area contributed by atoms with Gasteiger partial charge in [-0.1, -0.05) is 54.1 Å². The number of ether oxygens (including phenoxy) is 1. The number of carbonyl (C=O) groups is 2. The lowest BCUT2D eigenvalue weighted by atomic mass is 10.00. The maximum atomic E-state index is 13.2. The van der Waals surface area contributed by atoms with Crippen LogP contribution in [-0.4, -0.2) is 32.6 Å². The number of fused-ring (bicyclic) bond motifs is 1. The molecule has 1 atom stereocenters. The van der Waals surface area contributed by atoms with Crippen molar-refractivity contribution in [1.82, 2.24) is 19.7 Å². The highest BCUT2D eigenvalue weighted by Crippen LogP contribution is 2.30. The Balaban J connectivity index is 1.16. The molecule has 8 nitrogen and oxygen atoms in total. The predicted molar refractivity (Wildman–Crippen MR) is 161 cm³/mol. The second kappa shape index (κ2) is 12.1. The minimum absolute atomic E-state index is 0.0867. The first kappa shape index (κ1) is 27.6. The largest absolute Gasteiger partial charge is 0.356 e. The van der Waals surface area contributed by atoms with Crippen LogP contribution in [0.25, 0.3) is 10.9 Å². The fraction of sp³-hybridized carbons (Fsp3) is 0.212. The second-order valence-electron chi connectivity index (χ2n) is 10.3. The summed E-state index contributed by atoms with van der Waals surface area (Å²) < 4.78 is 9.44. The van der Waals surface area contributed by atoms with Crippen LogP contribution in [0, 0.1) is 0 Å². The van der Waals surface area contributed by atoms with Crippen molar-refractivity contribution < 1.29 is 14.3 Å². The molecule has 3 aromatic carbocycles. The van der Waals surface area contributed by atoms with Crippen LogP contribution >= 0.6 is 11.6 Å². The molecule has 9 heteroatoms. The topological polar surface area (TPSA) is 95.2 Å². The minimum atomic E-state index is -0.313. The third-order valence-electron chi connectivity index (χ3n) is 7.44. The van der Waals surface area contributed by atoms with E-state index in [0.29, 0.717) is 40.6 Å². The highest BCUT2D eigenvalue weighted by Gasteiger charge is 2.22. The number of hydrogen-bond donors (Lipinski definition) is 1. The molecule has 42 heavy (non-hydrogen) atoms. The van der Waals surface area contributed by atoms with Gasteiger partial charge in [0, 0.05) is 46.0 Å². The van der Waals surface area contributed by atoms with Gasteiger partial charge in [-0.25, -0.2) is 4.68 Å². The molecule has 3 heterocycles. The first-order valence-electron chi connectivity index (χ1n) is 13.9. The number of pyridine rings is 1. The lowest BCUT2D eigenvalue weighted by Gasteiger charge is -2.23. The van der Waals surface area contributed by atoms with E-state index >= 15 is 0 Å². The van der Waals surface area contributed by atoms with Crippen LogP contribution in [0.1, 0.15) is 63.0 Å². The van der Waals surface area contributed by atoms with Gasteiger partial charge in [0.25, 0.3) is 11.5 Å². The Morgan fingerprint density at radius 1 is 0.929 bits per heavy atom. The average molecular weight is 581 g/mol. The number of nitrogens with zero attached hydrogens (tertiary/aromatic N) is 3. The van der Waals surface area contributed by atoms with Crippen molar-refractivity contribution >= 4 is 34.2 Å². The number of ketones is 1. The van der Waals surface area contributed by atoms with E-state index in [2.05, 4.69) is 5.32 Å². The molecule has 1 fully saturated rings. The number of carbonyl (C=O) groups excluding carboxylic acids is 2. The van der Waals surface area contributed by atoms with Crippen LogP contribution in [0.4, 0.5) is 0 Å². The van der Waals surface area contributed by atoms with Gasteiger partial charge in [-0.2, -0.15) is 5.10 Å². The fourth-order valence-electron chi connectivity index (χ4n) is 5.23. The number of halogens is 1. The zero-order valence-electron chi connectivity index (χ0n) is 22.8. The summed E-state index contributed by atoms with van der Waals surface area (Å²) in [5.41, 5.74) is 3.69. The van der Waals surface area contributed by atoms with Crippen LogP contribution in [0.5, 0.6) is 0 Å². The molecule has 0 aliphatic carbocycles. The summed E-state index contributed by atoms with van der Waals surface area (Å²) in [6.45, 7) is 1.30. The molecule has 0 radical (unpaired) electrons. The summed E-state index contributed by atoms with van der Waals surface area (Å²) in [7, 11) is 0. The summed E-state index contributed by atoms with van der Waals surface area (Å²) >= 11 is 6.29. The molecule has 0 bridgehead atoms. The number of benzene rings is 3. The SMILES string of the molecule is O=C(NCc1nn(C2CCCCO2)c2ccc(Cl)cc12)c1cccc(C(=O)c2ccc(Cn3ccccc3=O)cc2)c1. The van der Waals surface area contributed by atoms with Crippen LogP contribution < -0.4 is 10.9 Å². The van der Waals surface area contributed by atoms with Crippen LogP contribution in [0.3, 0.4) is 0 Å². The Labute approximate surface area is 247 Å². The zero-order valence-corrected chi connectivity index (χ0v) is 23.6. The molecule has 1 N–H and O–H groups in total. The average Bonchev–Trinajstić information content (AvgIpc) is 3.39. The highest BCUT2D eigenvalue weighted by molar-refractivity contribution is 6.31. The van der Waals surface area contributed by atoms with E-state index in [1.807, 2.05) is 35.0 Å². The van der Waals surface area contributed by atoms with Crippen molar-refractivity contribution in [3.63, 3.8) is 0 Å². The molecule has 212 valence electrons. The third-order valence-corrected chi connectivity index (χ3v) is 7.68. The van der Waals surface area contributed by atoms with Crippen molar-refractivity contribution in [3.05, 3.63) is 134 Å². The zero-order chi connectivity index (χ0) is 29.1. The minimum Gasteiger partial charge on any atom is -0.356 e. The van der Waals surface area contributed by atoms with Crippen LogP contribution in [0.15, 0.2) is 95.9 Å². The summed E-state index contributed by atoms with van der Waals surface area (Å²) in [5, 5.41) is 9.19. The summed E-state index contributed by atoms with van der Waals surface area (Å²) in [6.07, 6.45) is 4.56. The van der Waals surface area contributed by atoms with Gasteiger partial charge in [0.2, 0.25) is 0 Å². The molecule has 1 amide bonds. The standard InChI is InChI=1S/C33H29ClN4O4/c34-26-14-15-29-27(19-26)28(36-38(29)31-9-2-4-17-42-31)20-35-33(41)25-7-5-6-24(18-25)32(40)23-12-10-22(11-13-23)21-37-16-3-1-8-30(37)39/h1,3,5-8,10-16,18-19,31H,2,4,9,17,20-21H2,(H,35,41). The molecule has 1 unspecified atom stereocenters. The number of rotatable bonds is 8. The summed E-state index contributed by atoms with van der Waals surface area (Å²) in [6, 6.07) is 24.4. The molecule has 0 saturated carbocycles. The number of hydrogen-bond acceptors (Lipinski definition) is 5. The van der Waals surface area contributed by atoms with Gasteiger partial charge < -0.3 is 14.6 Å². The normalized spacial score (nSPS) is 15.0. The van der Waals surface area contributed by atoms with E-state index in [0.717, 1.165) is 35.7 Å². The molecule has 0 spiro atoms. The molecular formula is C33H29ClN4O4. The fourth-order valence-corrected chi connectivity index (χ4v) is 5.40. The van der Waals surface area contributed by atoms with E-state index in [9.17, 15) is 14.4 Å². The van der Waals surface area contributed by atoms with E-state index in [-0.39, 0.29) is 30.0 Å². The maximum Gasteiger partial charge on any atom is 0.251 e. The van der Waals surface area contributed by atoms with E-state index in [4.69, 9.17) is 21.4 Å². The second-order valence-corrected chi connectivity index (χ2v) is 10.8. The molecule has 2 aromatic heterocycles. The first-order valence-corrected chi connectivity index (χ1v) is 14.3. The monoisotopic (exact) mass is 580 g/mol. The van der Waals surface area contributed by atoms with E-state index in [1.54, 1.807) is 59.3 Å². The first-order chi connectivity index (χ1) is 20.5. The maximum absolute atomic E-state index is 13.2. The van der Waals surface area contributed by atoms with Crippen molar-refractivity contribution in [1.29, 1.82) is 0 Å². The predicted octanol–water partition coefficient (Wildman–Crippen LogP) is 5.76. The van der Waals surface area contributed by atoms with Crippen molar-refractivity contribution in [2.75, 3.05) is 6.61 Å². The Morgan fingerprint density at radius 3 is 2.55 bits per heavy atom. The smallest absolute Gasteiger partial charge is 0.251 e. The molecular weight excluding hydrogens is 552 g/mol. The van der Waals surface area contributed by atoms with Gasteiger partial charge in [0.05, 0.1) is 24.3 Å². The van der Waals surface area contributed by atoms with Crippen molar-refractivity contribution in [2.24, 2.45) is 0 Å². The van der Waals surface area contributed by atoms with Gasteiger partial charge in [-0.05, 0) is 61.2 Å². The van der Waals surface area contributed by atoms with E-state index < -0.39 is 0 Å². The van der Waals surface area contributed by atoms with Gasteiger partial charge in [0.15, 0.2) is 12.0 Å². The molecule has 5 aromatic rings. The summed E-state index contributed by atoms with van der Waals surface area (Å²) in [4.78, 5) is 38.4. The highest BCUT2D eigenvalue weighted by atomic mass is 35.5. The van der Waals surface area contributed by atoms with Crippen LogP contribution in [0.2, 0.25) is 5.02 Å². The van der Waals surface area contributed by atoms with Gasteiger partial charge >= 0.3 is 0 Å². The lowest BCUT2D eigenvalue weighted by Crippen LogP contribution is -2.24. The third kappa shape index (κ3) is 5.91. The van der Waals surface area contributed by atoms with Gasteiger partial charge in [-0.3, -0.25) is 14.4 Å². The summed E-state index contributed by atoms with van der Waals surface area (Å²) in [5.74, 6) is -0.508. The molecule has 6 rings (SSSR count). The van der Waals surface area contributed by atoms with Crippen molar-refractivity contribution in [2.45, 2.75) is 38.6 Å². The Hall–Kier alpha value is -4.53. The Morgan fingerprint density at radius 2 is 1.76 bits per heavy atom. The lowest BCUT2D eigenvalue weighted by molar-refractivity contribution is -0.0369. The molecule has 1 aliphatic heterocycles. The number of aromatic nitrogens is 3. The quantitative estimate of drug-likeness (QED) is 0.235. The Bertz CT molecular complexity index is 1820. The number of amides is 1. The van der Waals surface area contributed by atoms with E-state index in [1.165, 1.54) is 6.07 Å². The number of nitrogens with one attached hydrogen (secondary N) is 1.